The van der Waals surface area contributed by atoms with Crippen molar-refractivity contribution < 1.29 is 4.79 Å². The van der Waals surface area contributed by atoms with Gasteiger partial charge in [0, 0.05) is 42.6 Å². The van der Waals surface area contributed by atoms with E-state index in [4.69, 9.17) is 0 Å². The normalized spacial score (nSPS) is 17.0. The number of anilines is 1. The van der Waals surface area contributed by atoms with E-state index in [0.717, 1.165) is 59.5 Å². The number of nitrogens with one attached hydrogen (secondary N) is 1. The number of hydrogen-bond acceptors (Lipinski definition) is 5. The molecule has 28 heavy (non-hydrogen) atoms. The van der Waals surface area contributed by atoms with Gasteiger partial charge in [0.1, 0.15) is 5.82 Å². The minimum atomic E-state index is -0.0338. The third-order valence-electron chi connectivity index (χ3n) is 5.25. The van der Waals surface area contributed by atoms with Crippen molar-refractivity contribution in [3.8, 4) is 0 Å². The molecule has 1 aromatic carbocycles. The lowest BCUT2D eigenvalue weighted by Gasteiger charge is -2.33. The van der Waals surface area contributed by atoms with E-state index in [2.05, 4.69) is 38.2 Å². The summed E-state index contributed by atoms with van der Waals surface area (Å²) in [6.07, 6.45) is 7.12. The Kier molecular flexibility index (Phi) is 4.94. The second-order valence-corrected chi connectivity index (χ2v) is 7.61. The Labute approximate surface area is 165 Å². The number of hydrogen-bond donors (Lipinski definition) is 1. The van der Waals surface area contributed by atoms with Crippen LogP contribution in [0, 0.1) is 20.8 Å². The maximum atomic E-state index is 13.2. The molecule has 1 fully saturated rings. The highest BCUT2D eigenvalue weighted by Gasteiger charge is 2.24. The number of fused-ring (bicyclic) bond motifs is 1. The van der Waals surface area contributed by atoms with Gasteiger partial charge < -0.3 is 10.2 Å². The summed E-state index contributed by atoms with van der Waals surface area (Å²) in [7, 11) is 0. The number of aryl methyl sites for hydroxylation is 3. The van der Waals surface area contributed by atoms with Gasteiger partial charge in [-0.3, -0.25) is 14.8 Å². The van der Waals surface area contributed by atoms with Crippen LogP contribution in [-0.4, -0.2) is 40.0 Å². The SMILES string of the molecule is Cc1cc(C)c2c(C(=O)N[C@@H]3CCCN(c4cnccn4)C3)cc(C)nc2c1. The van der Waals surface area contributed by atoms with Gasteiger partial charge in [0.05, 0.1) is 17.3 Å². The molecule has 1 saturated heterocycles. The molecule has 2 aromatic heterocycles. The molecule has 0 radical (unpaired) electrons. The molecule has 1 amide bonds. The number of benzene rings is 1. The third-order valence-corrected chi connectivity index (χ3v) is 5.25. The van der Waals surface area contributed by atoms with E-state index in [9.17, 15) is 4.79 Å². The second kappa shape index (κ2) is 7.54. The van der Waals surface area contributed by atoms with Crippen LogP contribution in [0.1, 0.15) is 40.0 Å². The van der Waals surface area contributed by atoms with Crippen LogP contribution in [0.2, 0.25) is 0 Å². The maximum Gasteiger partial charge on any atom is 0.252 e. The molecule has 1 atom stereocenters. The lowest BCUT2D eigenvalue weighted by atomic mass is 9.99. The standard InChI is InChI=1S/C22H25N5O/c1-14-9-15(2)21-18(11-16(3)25-19(21)10-14)22(28)26-17-5-4-8-27(13-17)20-12-23-6-7-24-20/h6-7,9-12,17H,4-5,8,13H2,1-3H3,(H,26,28)/t17-/m1/s1. The molecule has 144 valence electrons. The van der Waals surface area contributed by atoms with Crippen LogP contribution in [0.4, 0.5) is 5.82 Å². The zero-order valence-corrected chi connectivity index (χ0v) is 16.6. The Morgan fingerprint density at radius 1 is 1.18 bits per heavy atom. The summed E-state index contributed by atoms with van der Waals surface area (Å²) in [5.41, 5.74) is 4.68. The number of piperidine rings is 1. The molecule has 0 unspecified atom stereocenters. The summed E-state index contributed by atoms with van der Waals surface area (Å²) >= 11 is 0. The fourth-order valence-corrected chi connectivity index (χ4v) is 4.09. The number of nitrogens with zero attached hydrogens (tertiary/aromatic N) is 4. The highest BCUT2D eigenvalue weighted by atomic mass is 16.1. The average Bonchev–Trinajstić information content (AvgIpc) is 2.67. The summed E-state index contributed by atoms with van der Waals surface area (Å²) in [6.45, 7) is 7.70. The molecule has 0 aliphatic carbocycles. The van der Waals surface area contributed by atoms with E-state index in [-0.39, 0.29) is 11.9 Å². The van der Waals surface area contributed by atoms with E-state index in [0.29, 0.717) is 5.56 Å². The summed E-state index contributed by atoms with van der Waals surface area (Å²) in [5.74, 6) is 0.825. The number of carbonyl (C=O) groups is 1. The van der Waals surface area contributed by atoms with Gasteiger partial charge in [0.25, 0.3) is 5.91 Å². The molecule has 1 N–H and O–H groups in total. The van der Waals surface area contributed by atoms with Gasteiger partial charge in [-0.1, -0.05) is 6.07 Å². The van der Waals surface area contributed by atoms with E-state index in [1.54, 1.807) is 18.6 Å². The van der Waals surface area contributed by atoms with Crippen molar-refractivity contribution in [1.29, 1.82) is 0 Å². The minimum absolute atomic E-state index is 0.0338. The molecule has 6 heteroatoms. The lowest BCUT2D eigenvalue weighted by molar-refractivity contribution is 0.0934. The molecular weight excluding hydrogens is 350 g/mol. The quantitative estimate of drug-likeness (QED) is 0.760. The first-order valence-electron chi connectivity index (χ1n) is 9.71. The molecule has 0 bridgehead atoms. The smallest absolute Gasteiger partial charge is 0.252 e. The van der Waals surface area contributed by atoms with Crippen LogP contribution in [0.25, 0.3) is 10.9 Å². The molecule has 3 aromatic rings. The van der Waals surface area contributed by atoms with E-state index in [1.807, 2.05) is 26.0 Å². The molecule has 6 nitrogen and oxygen atoms in total. The Morgan fingerprint density at radius 3 is 2.82 bits per heavy atom. The Bertz CT molecular complexity index is 1010. The van der Waals surface area contributed by atoms with Gasteiger partial charge in [-0.15, -0.1) is 0 Å². The van der Waals surface area contributed by atoms with Crippen LogP contribution < -0.4 is 10.2 Å². The van der Waals surface area contributed by atoms with Crippen LogP contribution in [0.5, 0.6) is 0 Å². The number of rotatable bonds is 3. The van der Waals surface area contributed by atoms with E-state index < -0.39 is 0 Å². The van der Waals surface area contributed by atoms with Crippen molar-refractivity contribution >= 4 is 22.6 Å². The zero-order valence-electron chi connectivity index (χ0n) is 16.6. The van der Waals surface area contributed by atoms with Gasteiger partial charge in [0.15, 0.2) is 0 Å². The average molecular weight is 375 g/mol. The summed E-state index contributed by atoms with van der Waals surface area (Å²) < 4.78 is 0. The van der Waals surface area contributed by atoms with E-state index in [1.165, 1.54) is 0 Å². The van der Waals surface area contributed by atoms with Gasteiger partial charge in [-0.25, -0.2) is 4.98 Å². The van der Waals surface area contributed by atoms with Gasteiger partial charge >= 0.3 is 0 Å². The van der Waals surface area contributed by atoms with Gasteiger partial charge in [0.2, 0.25) is 0 Å². The highest BCUT2D eigenvalue weighted by molar-refractivity contribution is 6.07. The molecule has 0 spiro atoms. The Balaban J connectivity index is 1.58. The van der Waals surface area contributed by atoms with Crippen LogP contribution in [-0.2, 0) is 0 Å². The Morgan fingerprint density at radius 2 is 2.04 bits per heavy atom. The van der Waals surface area contributed by atoms with Crippen molar-refractivity contribution in [3.05, 3.63) is 59.2 Å². The van der Waals surface area contributed by atoms with Gasteiger partial charge in [-0.2, -0.15) is 0 Å². The molecular formula is C22H25N5O. The molecule has 3 heterocycles. The first kappa shape index (κ1) is 18.3. The first-order valence-corrected chi connectivity index (χ1v) is 9.71. The van der Waals surface area contributed by atoms with E-state index >= 15 is 0 Å². The second-order valence-electron chi connectivity index (χ2n) is 7.61. The highest BCUT2D eigenvalue weighted by Crippen LogP contribution is 2.25. The predicted octanol–water partition coefficient (Wildman–Crippen LogP) is 3.35. The Hall–Kier alpha value is -3.02. The van der Waals surface area contributed by atoms with Gasteiger partial charge in [-0.05, 0) is 56.9 Å². The van der Waals surface area contributed by atoms with Crippen LogP contribution in [0.3, 0.4) is 0 Å². The molecule has 1 aliphatic heterocycles. The molecule has 4 rings (SSSR count). The predicted molar refractivity (Wildman–Crippen MR) is 111 cm³/mol. The fraction of sp³-hybridized carbons (Fsp3) is 0.364. The minimum Gasteiger partial charge on any atom is -0.353 e. The number of aromatic nitrogens is 3. The monoisotopic (exact) mass is 375 g/mol. The zero-order chi connectivity index (χ0) is 19.7. The third kappa shape index (κ3) is 3.67. The molecule has 1 aliphatic rings. The van der Waals surface area contributed by atoms with Crippen molar-refractivity contribution in [2.75, 3.05) is 18.0 Å². The number of pyridine rings is 1. The number of carbonyl (C=O) groups excluding carboxylic acids is 1. The maximum absolute atomic E-state index is 13.2. The lowest BCUT2D eigenvalue weighted by Crippen LogP contribution is -2.48. The fourth-order valence-electron chi connectivity index (χ4n) is 4.09. The van der Waals surface area contributed by atoms with Crippen LogP contribution >= 0.6 is 0 Å². The van der Waals surface area contributed by atoms with Crippen molar-refractivity contribution in [1.82, 2.24) is 20.3 Å². The summed E-state index contributed by atoms with van der Waals surface area (Å²) in [6, 6.07) is 6.12. The first-order chi connectivity index (χ1) is 13.5. The summed E-state index contributed by atoms with van der Waals surface area (Å²) in [4.78, 5) is 28.5. The molecule has 0 saturated carbocycles. The topological polar surface area (TPSA) is 71.0 Å². The largest absolute Gasteiger partial charge is 0.353 e. The van der Waals surface area contributed by atoms with Crippen molar-refractivity contribution in [3.63, 3.8) is 0 Å². The van der Waals surface area contributed by atoms with Crippen LogP contribution in [0.15, 0.2) is 36.8 Å². The van der Waals surface area contributed by atoms with Crippen molar-refractivity contribution in [2.45, 2.75) is 39.7 Å². The number of amides is 1. The summed E-state index contributed by atoms with van der Waals surface area (Å²) in [5, 5.41) is 4.18. The van der Waals surface area contributed by atoms with Crippen molar-refractivity contribution in [2.24, 2.45) is 0 Å².